The van der Waals surface area contributed by atoms with E-state index >= 15 is 0 Å². The van der Waals surface area contributed by atoms with E-state index < -0.39 is 22.9 Å². The second-order valence-electron chi connectivity index (χ2n) is 14.8. The number of imide groups is 1. The minimum Gasteiger partial charge on any atom is -0.497 e. The van der Waals surface area contributed by atoms with E-state index in [1.807, 2.05) is 89.8 Å². The molecule has 7 rings (SSSR count). The van der Waals surface area contributed by atoms with E-state index in [-0.39, 0.29) is 49.8 Å². The number of likely N-dealkylation sites (tertiary alicyclic amines) is 1. The molecule has 0 aromatic heterocycles. The van der Waals surface area contributed by atoms with Gasteiger partial charge in [-0.2, -0.15) is 5.06 Å². The lowest BCUT2D eigenvalue weighted by Crippen LogP contribution is -2.48. The van der Waals surface area contributed by atoms with Crippen molar-refractivity contribution in [3.8, 4) is 17.2 Å². The van der Waals surface area contributed by atoms with Crippen molar-refractivity contribution in [2.24, 2.45) is 17.3 Å². The maximum Gasteiger partial charge on any atom is 0.260 e. The Morgan fingerprint density at radius 3 is 1.65 bits per heavy atom. The minimum absolute atomic E-state index is 0.0677. The van der Waals surface area contributed by atoms with Crippen molar-refractivity contribution in [1.82, 2.24) is 9.96 Å². The first-order valence-electron chi connectivity index (χ1n) is 19.1. The summed E-state index contributed by atoms with van der Waals surface area (Å²) in [6, 6.07) is 23.5. The predicted octanol–water partition coefficient (Wildman–Crippen LogP) is 5.05. The van der Waals surface area contributed by atoms with Crippen LogP contribution in [0.1, 0.15) is 55.2 Å². The van der Waals surface area contributed by atoms with Gasteiger partial charge >= 0.3 is 0 Å². The van der Waals surface area contributed by atoms with E-state index in [9.17, 15) is 19.5 Å². The Kier molecular flexibility index (Phi) is 11.6. The van der Waals surface area contributed by atoms with Crippen LogP contribution >= 0.6 is 0 Å². The summed E-state index contributed by atoms with van der Waals surface area (Å²) in [5.41, 5.74) is 1.01. The van der Waals surface area contributed by atoms with Gasteiger partial charge in [-0.05, 0) is 78.8 Å². The molecule has 3 fully saturated rings. The Bertz CT molecular complexity index is 1690. The van der Waals surface area contributed by atoms with E-state index in [2.05, 4.69) is 0 Å². The molecular formula is C43H50N2O10. The van der Waals surface area contributed by atoms with Gasteiger partial charge in [0.2, 0.25) is 5.91 Å². The number of piperidine rings is 1. The Morgan fingerprint density at radius 2 is 1.22 bits per heavy atom. The van der Waals surface area contributed by atoms with Crippen LogP contribution in [0.5, 0.6) is 17.2 Å². The zero-order valence-electron chi connectivity index (χ0n) is 31.7. The summed E-state index contributed by atoms with van der Waals surface area (Å²) in [6.45, 7) is 1.39. The SMILES string of the molecule is COc1ccc(C(OCC2(CO)CCN(C(=O)CCCCCON3C(=O)C4C5C=CC(O5)C4C3=O)CC2)(c2ccc(OC)cc2)c2ccc(OC)cc2)cc1. The highest BCUT2D eigenvalue weighted by molar-refractivity contribution is 6.05. The van der Waals surface area contributed by atoms with Crippen molar-refractivity contribution < 1.29 is 48.0 Å². The number of aliphatic hydroxyl groups excluding tert-OH is 1. The quantitative estimate of drug-likeness (QED) is 0.0864. The summed E-state index contributed by atoms with van der Waals surface area (Å²) >= 11 is 0. The third kappa shape index (κ3) is 7.48. The van der Waals surface area contributed by atoms with Crippen LogP contribution in [0.2, 0.25) is 0 Å². The zero-order valence-corrected chi connectivity index (χ0v) is 31.7. The van der Waals surface area contributed by atoms with Gasteiger partial charge in [0.25, 0.3) is 11.8 Å². The summed E-state index contributed by atoms with van der Waals surface area (Å²) in [4.78, 5) is 46.3. The molecule has 0 saturated carbocycles. The van der Waals surface area contributed by atoms with E-state index in [4.69, 9.17) is 28.5 Å². The summed E-state index contributed by atoms with van der Waals surface area (Å²) < 4.78 is 29.3. The van der Waals surface area contributed by atoms with Crippen LogP contribution in [0.4, 0.5) is 0 Å². The first-order chi connectivity index (χ1) is 26.8. The molecule has 0 spiro atoms. The number of amides is 3. The van der Waals surface area contributed by atoms with Crippen molar-refractivity contribution in [2.45, 2.75) is 56.3 Å². The fraction of sp³-hybridized carbons (Fsp3) is 0.465. The number of hydroxylamine groups is 2. The molecule has 55 heavy (non-hydrogen) atoms. The largest absolute Gasteiger partial charge is 0.497 e. The smallest absolute Gasteiger partial charge is 0.260 e. The van der Waals surface area contributed by atoms with Crippen LogP contribution in [-0.2, 0) is 34.3 Å². The minimum atomic E-state index is -1.07. The molecule has 4 atom stereocenters. The monoisotopic (exact) mass is 754 g/mol. The molecule has 3 saturated heterocycles. The lowest BCUT2D eigenvalue weighted by molar-refractivity contribution is -0.192. The number of carbonyl (C=O) groups excluding carboxylic acids is 3. The van der Waals surface area contributed by atoms with Crippen molar-refractivity contribution in [1.29, 1.82) is 0 Å². The molecule has 3 amide bonds. The predicted molar refractivity (Wildman–Crippen MR) is 201 cm³/mol. The number of fused-ring (bicyclic) bond motifs is 5. The molecule has 2 bridgehead atoms. The van der Waals surface area contributed by atoms with Gasteiger partial charge in [-0.1, -0.05) is 55.0 Å². The standard InChI is InChI=1S/C43H50N2O10/c1-50-32-14-8-29(9-15-32)43(30-10-16-33(51-2)17-11-30,31-12-18-34(52-3)19-13-31)53-28-42(27-46)22-24-44(25-23-42)37(47)7-5-4-6-26-54-45-40(48)38-35-20-21-36(55-35)39(38)41(45)49/h8-21,35-36,38-39,46H,4-7,22-28H2,1-3H3. The normalized spacial score (nSPS) is 22.6. The van der Waals surface area contributed by atoms with Crippen molar-refractivity contribution in [3.05, 3.63) is 102 Å². The molecule has 292 valence electrons. The fourth-order valence-electron chi connectivity index (χ4n) is 8.34. The Morgan fingerprint density at radius 1 is 0.745 bits per heavy atom. The number of rotatable bonds is 17. The van der Waals surface area contributed by atoms with Gasteiger partial charge in [0, 0.05) is 24.9 Å². The van der Waals surface area contributed by atoms with Gasteiger partial charge in [0.15, 0.2) is 0 Å². The molecule has 0 radical (unpaired) electrons. The van der Waals surface area contributed by atoms with E-state index in [1.54, 1.807) is 21.3 Å². The topological polar surface area (TPSA) is 133 Å². The van der Waals surface area contributed by atoms with Gasteiger partial charge in [-0.15, -0.1) is 0 Å². The summed E-state index contributed by atoms with van der Waals surface area (Å²) in [5.74, 6) is 0.592. The number of methoxy groups -OCH3 is 3. The van der Waals surface area contributed by atoms with Crippen LogP contribution in [0, 0.1) is 17.3 Å². The highest BCUT2D eigenvalue weighted by atomic mass is 16.7. The average molecular weight is 755 g/mol. The highest BCUT2D eigenvalue weighted by Crippen LogP contribution is 2.46. The molecule has 12 nitrogen and oxygen atoms in total. The van der Waals surface area contributed by atoms with Gasteiger partial charge < -0.3 is 33.7 Å². The molecule has 1 N–H and O–H groups in total. The number of unbranched alkanes of at least 4 members (excludes halogenated alkanes) is 2. The van der Waals surface area contributed by atoms with Gasteiger partial charge in [-0.3, -0.25) is 19.2 Å². The van der Waals surface area contributed by atoms with Crippen molar-refractivity contribution >= 4 is 17.7 Å². The summed E-state index contributed by atoms with van der Waals surface area (Å²) in [7, 11) is 4.90. The number of aliphatic hydroxyl groups is 1. The van der Waals surface area contributed by atoms with Crippen molar-refractivity contribution in [3.63, 3.8) is 0 Å². The van der Waals surface area contributed by atoms with E-state index in [1.165, 1.54) is 0 Å². The van der Waals surface area contributed by atoms with Gasteiger partial charge in [-0.25, -0.2) is 0 Å². The third-order valence-electron chi connectivity index (χ3n) is 11.7. The molecular weight excluding hydrogens is 704 g/mol. The highest BCUT2D eigenvalue weighted by Gasteiger charge is 2.61. The maximum atomic E-state index is 13.3. The number of benzene rings is 3. The van der Waals surface area contributed by atoms with Crippen LogP contribution < -0.4 is 14.2 Å². The maximum absolute atomic E-state index is 13.3. The number of hydrogen-bond donors (Lipinski definition) is 1. The average Bonchev–Trinajstić information content (AvgIpc) is 3.93. The van der Waals surface area contributed by atoms with E-state index in [0.717, 1.165) is 45.4 Å². The van der Waals surface area contributed by atoms with Crippen LogP contribution in [-0.4, -0.2) is 99.2 Å². The van der Waals surface area contributed by atoms with Gasteiger partial charge in [0.05, 0.1) is 65.2 Å². The Balaban J connectivity index is 0.968. The molecule has 4 aliphatic rings. The first-order valence-corrected chi connectivity index (χ1v) is 19.1. The van der Waals surface area contributed by atoms with Crippen LogP contribution in [0.25, 0.3) is 0 Å². The number of ether oxygens (including phenoxy) is 5. The number of hydrogen-bond acceptors (Lipinski definition) is 10. The van der Waals surface area contributed by atoms with Gasteiger partial charge in [0.1, 0.15) is 22.8 Å². The molecule has 12 heteroatoms. The summed E-state index contributed by atoms with van der Waals surface area (Å²) in [6.07, 6.45) is 6.54. The summed E-state index contributed by atoms with van der Waals surface area (Å²) in [5, 5.41) is 11.8. The van der Waals surface area contributed by atoms with E-state index in [0.29, 0.717) is 45.2 Å². The van der Waals surface area contributed by atoms with Crippen LogP contribution in [0.3, 0.4) is 0 Å². The second-order valence-corrected chi connectivity index (χ2v) is 14.8. The Labute approximate surface area is 321 Å². The third-order valence-corrected chi connectivity index (χ3v) is 11.7. The zero-order chi connectivity index (χ0) is 38.6. The number of nitrogens with zero attached hydrogens (tertiary/aromatic N) is 2. The molecule has 3 aromatic rings. The van der Waals surface area contributed by atoms with Crippen LogP contribution in [0.15, 0.2) is 84.9 Å². The first kappa shape index (κ1) is 38.5. The number of carbonyl (C=O) groups is 3. The fourth-order valence-corrected chi connectivity index (χ4v) is 8.34. The molecule has 4 aliphatic heterocycles. The second kappa shape index (κ2) is 16.5. The molecule has 0 aliphatic carbocycles. The Hall–Kier alpha value is -4.75. The lowest BCUT2D eigenvalue weighted by atomic mass is 9.77. The molecule has 4 heterocycles. The molecule has 3 aromatic carbocycles. The molecule has 4 unspecified atom stereocenters. The lowest BCUT2D eigenvalue weighted by Gasteiger charge is -2.44. The van der Waals surface area contributed by atoms with Crippen molar-refractivity contribution in [2.75, 3.05) is 54.2 Å².